The Morgan fingerprint density at radius 3 is 2.35 bits per heavy atom. The Labute approximate surface area is 113 Å². The van der Waals surface area contributed by atoms with Crippen molar-refractivity contribution >= 4 is 11.8 Å². The Balaban J connectivity index is 2.21. The van der Waals surface area contributed by atoms with Gasteiger partial charge in [0, 0.05) is 5.56 Å². The molecule has 0 fully saturated rings. The summed E-state index contributed by atoms with van der Waals surface area (Å²) >= 11 is 0. The summed E-state index contributed by atoms with van der Waals surface area (Å²) in [5.74, 6) is -3.01. The molecule has 102 valence electrons. The molecule has 0 aliphatic carbocycles. The van der Waals surface area contributed by atoms with E-state index in [0.29, 0.717) is 5.56 Å². The van der Waals surface area contributed by atoms with Crippen LogP contribution in [0.1, 0.15) is 27.6 Å². The van der Waals surface area contributed by atoms with Crippen LogP contribution in [-0.2, 0) is 0 Å². The average Bonchev–Trinajstić information content (AvgIpc) is 2.42. The lowest BCUT2D eigenvalue weighted by Gasteiger charge is -2.05. The van der Waals surface area contributed by atoms with Crippen LogP contribution < -0.4 is 4.74 Å². The maximum absolute atomic E-state index is 13.0. The minimum absolute atomic E-state index is 0.114. The van der Waals surface area contributed by atoms with Gasteiger partial charge >= 0.3 is 5.97 Å². The van der Waals surface area contributed by atoms with Gasteiger partial charge in [-0.2, -0.15) is 0 Å². The van der Waals surface area contributed by atoms with E-state index in [-0.39, 0.29) is 17.1 Å². The molecule has 0 N–H and O–H groups in total. The highest BCUT2D eigenvalue weighted by Gasteiger charge is 2.12. The fraction of sp³-hybridized carbons (Fsp3) is 0.0667. The highest BCUT2D eigenvalue weighted by Crippen LogP contribution is 2.16. The van der Waals surface area contributed by atoms with Crippen LogP contribution in [0.2, 0.25) is 0 Å². The van der Waals surface area contributed by atoms with Gasteiger partial charge in [-0.3, -0.25) is 4.79 Å². The molecule has 0 bridgehead atoms. The fourth-order valence-electron chi connectivity index (χ4n) is 1.57. The average molecular weight is 276 g/mol. The van der Waals surface area contributed by atoms with E-state index >= 15 is 0 Å². The zero-order valence-corrected chi connectivity index (χ0v) is 10.5. The predicted molar refractivity (Wildman–Crippen MR) is 67.8 cm³/mol. The van der Waals surface area contributed by atoms with E-state index in [2.05, 4.69) is 0 Å². The first kappa shape index (κ1) is 13.9. The lowest BCUT2D eigenvalue weighted by Crippen LogP contribution is -2.09. The number of hydrogen-bond acceptors (Lipinski definition) is 3. The van der Waals surface area contributed by atoms with Gasteiger partial charge in [0.15, 0.2) is 17.4 Å². The molecule has 0 saturated carbocycles. The Bertz CT molecular complexity index is 681. The molecule has 0 spiro atoms. The molecule has 5 heteroatoms. The largest absolute Gasteiger partial charge is 0.423 e. The van der Waals surface area contributed by atoms with Crippen LogP contribution in [0.15, 0.2) is 42.5 Å². The van der Waals surface area contributed by atoms with Gasteiger partial charge in [0.1, 0.15) is 5.75 Å². The van der Waals surface area contributed by atoms with Gasteiger partial charge in [0.25, 0.3) is 0 Å². The van der Waals surface area contributed by atoms with Crippen molar-refractivity contribution < 1.29 is 23.1 Å². The minimum atomic E-state index is -1.13. The first-order valence-corrected chi connectivity index (χ1v) is 5.75. The molecule has 0 saturated heterocycles. The quantitative estimate of drug-likeness (QED) is 0.490. The zero-order valence-electron chi connectivity index (χ0n) is 10.5. The summed E-state index contributed by atoms with van der Waals surface area (Å²) in [7, 11) is 0. The lowest BCUT2D eigenvalue weighted by atomic mass is 10.1. The van der Waals surface area contributed by atoms with Crippen LogP contribution in [0, 0.1) is 11.6 Å². The first-order chi connectivity index (χ1) is 9.47. The highest BCUT2D eigenvalue weighted by molar-refractivity contribution is 5.95. The third kappa shape index (κ3) is 3.06. The van der Waals surface area contributed by atoms with Crippen LogP contribution in [0.4, 0.5) is 8.78 Å². The second kappa shape index (κ2) is 5.61. The van der Waals surface area contributed by atoms with Crippen LogP contribution in [-0.4, -0.2) is 11.8 Å². The van der Waals surface area contributed by atoms with Crippen molar-refractivity contribution in [2.24, 2.45) is 0 Å². The monoisotopic (exact) mass is 276 g/mol. The number of benzene rings is 2. The number of carbonyl (C=O) groups excluding carboxylic acids is 2. The molecule has 0 atom stereocenters. The molecule has 20 heavy (non-hydrogen) atoms. The van der Waals surface area contributed by atoms with Crippen LogP contribution in [0.5, 0.6) is 5.75 Å². The molecule has 0 aliphatic heterocycles. The number of carbonyl (C=O) groups is 2. The molecule has 2 aromatic rings. The van der Waals surface area contributed by atoms with Gasteiger partial charge in [-0.25, -0.2) is 13.6 Å². The van der Waals surface area contributed by atoms with Crippen molar-refractivity contribution in [3.8, 4) is 5.75 Å². The normalized spacial score (nSPS) is 10.2. The van der Waals surface area contributed by atoms with Gasteiger partial charge in [-0.05, 0) is 37.3 Å². The van der Waals surface area contributed by atoms with Gasteiger partial charge in [-0.1, -0.05) is 12.1 Å². The fourth-order valence-corrected chi connectivity index (χ4v) is 1.57. The molecule has 2 aromatic carbocycles. The molecule has 0 aliphatic rings. The van der Waals surface area contributed by atoms with E-state index in [4.69, 9.17) is 4.74 Å². The highest BCUT2D eigenvalue weighted by atomic mass is 19.2. The van der Waals surface area contributed by atoms with Crippen molar-refractivity contribution in [1.82, 2.24) is 0 Å². The number of esters is 1. The first-order valence-electron chi connectivity index (χ1n) is 5.75. The number of halogens is 2. The molecule has 0 heterocycles. The van der Waals surface area contributed by atoms with Gasteiger partial charge in [0.05, 0.1) is 5.56 Å². The molecule has 0 aromatic heterocycles. The van der Waals surface area contributed by atoms with Crippen molar-refractivity contribution in [2.75, 3.05) is 0 Å². The maximum atomic E-state index is 13.0. The number of rotatable bonds is 3. The van der Waals surface area contributed by atoms with Crippen molar-refractivity contribution in [3.63, 3.8) is 0 Å². The summed E-state index contributed by atoms with van der Waals surface area (Å²) in [6, 6.07) is 8.76. The van der Waals surface area contributed by atoms with E-state index in [1.807, 2.05) is 0 Å². The molecular weight excluding hydrogens is 266 g/mol. The summed E-state index contributed by atoms with van der Waals surface area (Å²) in [5.41, 5.74) is 0.276. The smallest absolute Gasteiger partial charge is 0.343 e. The van der Waals surface area contributed by atoms with Crippen LogP contribution >= 0.6 is 0 Å². The standard InChI is InChI=1S/C15H10F2O3/c1-9(18)10-3-2-4-12(7-10)20-15(19)11-5-6-13(16)14(17)8-11/h2-8H,1H3. The van der Waals surface area contributed by atoms with E-state index < -0.39 is 17.6 Å². The molecule has 0 radical (unpaired) electrons. The summed E-state index contributed by atoms with van der Waals surface area (Å²) in [6.45, 7) is 1.39. The minimum Gasteiger partial charge on any atom is -0.423 e. The number of Topliss-reactive ketones (excluding diaryl/α,β-unsaturated/α-hetero) is 1. The van der Waals surface area contributed by atoms with Gasteiger partial charge < -0.3 is 4.74 Å². The Morgan fingerprint density at radius 2 is 1.70 bits per heavy atom. The third-order valence-electron chi connectivity index (χ3n) is 2.61. The SMILES string of the molecule is CC(=O)c1cccc(OC(=O)c2ccc(F)c(F)c2)c1. The van der Waals surface area contributed by atoms with Crippen LogP contribution in [0.25, 0.3) is 0 Å². The topological polar surface area (TPSA) is 43.4 Å². The van der Waals surface area contributed by atoms with E-state index in [1.54, 1.807) is 12.1 Å². The number of ether oxygens (including phenoxy) is 1. The molecule has 0 amide bonds. The van der Waals surface area contributed by atoms with Crippen molar-refractivity contribution in [2.45, 2.75) is 6.92 Å². The van der Waals surface area contributed by atoms with E-state index in [1.165, 1.54) is 19.1 Å². The number of ketones is 1. The molecule has 2 rings (SSSR count). The zero-order chi connectivity index (χ0) is 14.7. The number of hydrogen-bond donors (Lipinski definition) is 0. The Morgan fingerprint density at radius 1 is 0.950 bits per heavy atom. The van der Waals surface area contributed by atoms with E-state index in [9.17, 15) is 18.4 Å². The van der Waals surface area contributed by atoms with Crippen LogP contribution in [0.3, 0.4) is 0 Å². The molecule has 3 nitrogen and oxygen atoms in total. The summed E-state index contributed by atoms with van der Waals surface area (Å²) in [5, 5.41) is 0. The Kier molecular flexibility index (Phi) is 3.89. The van der Waals surface area contributed by atoms with Crippen molar-refractivity contribution in [3.05, 3.63) is 65.2 Å². The third-order valence-corrected chi connectivity index (χ3v) is 2.61. The van der Waals surface area contributed by atoms with E-state index in [0.717, 1.165) is 18.2 Å². The second-order valence-electron chi connectivity index (χ2n) is 4.10. The predicted octanol–water partition coefficient (Wildman–Crippen LogP) is 3.39. The van der Waals surface area contributed by atoms with Crippen molar-refractivity contribution in [1.29, 1.82) is 0 Å². The maximum Gasteiger partial charge on any atom is 0.343 e. The second-order valence-corrected chi connectivity index (χ2v) is 4.10. The summed E-state index contributed by atoms with van der Waals surface area (Å²) in [6.07, 6.45) is 0. The van der Waals surface area contributed by atoms with Gasteiger partial charge in [-0.15, -0.1) is 0 Å². The Hall–Kier alpha value is -2.56. The summed E-state index contributed by atoms with van der Waals surface area (Å²) < 4.78 is 30.8. The lowest BCUT2D eigenvalue weighted by molar-refractivity contribution is 0.0733. The molecular formula is C15H10F2O3. The molecule has 0 unspecified atom stereocenters. The summed E-state index contributed by atoms with van der Waals surface area (Å²) in [4.78, 5) is 23.0. The van der Waals surface area contributed by atoms with Gasteiger partial charge in [0.2, 0.25) is 0 Å².